The monoisotopic (exact) mass is 296 g/mol. The summed E-state index contributed by atoms with van der Waals surface area (Å²) >= 11 is 6.05. The highest BCUT2D eigenvalue weighted by Gasteiger charge is 2.16. The Morgan fingerprint density at radius 3 is 2.65 bits per heavy atom. The summed E-state index contributed by atoms with van der Waals surface area (Å²) in [6, 6.07) is -0.264. The lowest BCUT2D eigenvalue weighted by molar-refractivity contribution is -0.122. The third kappa shape index (κ3) is 2.98. The number of aromatic amines is 1. The highest BCUT2D eigenvalue weighted by molar-refractivity contribution is 6.31. The molecule has 2 rings (SSSR count). The largest absolute Gasteiger partial charge is 0.345 e. The lowest BCUT2D eigenvalue weighted by Gasteiger charge is -2.11. The van der Waals surface area contributed by atoms with Crippen molar-refractivity contribution in [2.24, 2.45) is 0 Å². The second-order valence-electron chi connectivity index (χ2n) is 4.71. The van der Waals surface area contributed by atoms with Crippen LogP contribution in [0.4, 0.5) is 0 Å². The number of amides is 1. The van der Waals surface area contributed by atoms with Crippen molar-refractivity contribution in [3.8, 4) is 0 Å². The highest BCUT2D eigenvalue weighted by atomic mass is 35.5. The van der Waals surface area contributed by atoms with Crippen molar-refractivity contribution in [1.29, 1.82) is 0 Å². The Morgan fingerprint density at radius 1 is 1.45 bits per heavy atom. The van der Waals surface area contributed by atoms with Gasteiger partial charge < -0.3 is 5.32 Å². The molecule has 0 saturated heterocycles. The SMILES string of the molecule is Cc1nc([C@H](C)NC(=O)Cn2nc(C)c(Cl)c2C)n[nH]1. The summed E-state index contributed by atoms with van der Waals surface area (Å²) in [5.74, 6) is 1.11. The molecule has 2 N–H and O–H groups in total. The molecule has 8 heteroatoms. The summed E-state index contributed by atoms with van der Waals surface area (Å²) in [6.45, 7) is 7.39. The van der Waals surface area contributed by atoms with Crippen LogP contribution in [0.15, 0.2) is 0 Å². The summed E-state index contributed by atoms with van der Waals surface area (Å²) in [5.41, 5.74) is 1.50. The minimum Gasteiger partial charge on any atom is -0.345 e. The molecule has 0 aliphatic carbocycles. The van der Waals surface area contributed by atoms with Crippen LogP contribution in [0.5, 0.6) is 0 Å². The van der Waals surface area contributed by atoms with Crippen molar-refractivity contribution >= 4 is 17.5 Å². The molecule has 0 saturated carbocycles. The van der Waals surface area contributed by atoms with Crippen molar-refractivity contribution < 1.29 is 4.79 Å². The molecule has 2 heterocycles. The predicted molar refractivity (Wildman–Crippen MR) is 74.4 cm³/mol. The van der Waals surface area contributed by atoms with Gasteiger partial charge in [-0.15, -0.1) is 0 Å². The standard InChI is InChI=1S/C12H17ClN6O/c1-6-11(13)8(3)19(18-6)5-10(20)14-7(2)12-15-9(4)16-17-12/h7H,5H2,1-4H3,(H,14,20)(H,15,16,17)/t7-/m0/s1. The molecular formula is C12H17ClN6O. The first-order valence-corrected chi connectivity index (χ1v) is 6.64. The number of aromatic nitrogens is 5. The quantitative estimate of drug-likeness (QED) is 0.894. The molecule has 7 nitrogen and oxygen atoms in total. The van der Waals surface area contributed by atoms with Crippen molar-refractivity contribution in [3.63, 3.8) is 0 Å². The summed E-state index contributed by atoms with van der Waals surface area (Å²) in [5, 5.41) is 14.4. The minimum atomic E-state index is -0.264. The van der Waals surface area contributed by atoms with Gasteiger partial charge in [-0.1, -0.05) is 11.6 Å². The average Bonchev–Trinajstić information content (AvgIpc) is 2.90. The number of carbonyl (C=O) groups excluding carboxylic acids is 1. The van der Waals surface area contributed by atoms with E-state index in [1.54, 1.807) is 4.68 Å². The summed E-state index contributed by atoms with van der Waals surface area (Å²) < 4.78 is 1.59. The van der Waals surface area contributed by atoms with E-state index in [2.05, 4.69) is 25.6 Å². The van der Waals surface area contributed by atoms with Crippen LogP contribution in [0.2, 0.25) is 5.02 Å². The first-order valence-electron chi connectivity index (χ1n) is 6.26. The van der Waals surface area contributed by atoms with Gasteiger partial charge in [0.15, 0.2) is 5.82 Å². The topological polar surface area (TPSA) is 88.5 Å². The van der Waals surface area contributed by atoms with E-state index in [9.17, 15) is 4.79 Å². The zero-order valence-electron chi connectivity index (χ0n) is 11.9. The van der Waals surface area contributed by atoms with E-state index in [1.807, 2.05) is 27.7 Å². The number of rotatable bonds is 4. The first kappa shape index (κ1) is 14.5. The fourth-order valence-corrected chi connectivity index (χ4v) is 2.01. The molecule has 0 radical (unpaired) electrons. The normalized spacial score (nSPS) is 12.4. The molecule has 1 amide bonds. The van der Waals surface area contributed by atoms with E-state index < -0.39 is 0 Å². The van der Waals surface area contributed by atoms with E-state index >= 15 is 0 Å². The molecule has 20 heavy (non-hydrogen) atoms. The lowest BCUT2D eigenvalue weighted by atomic mass is 10.3. The van der Waals surface area contributed by atoms with Gasteiger partial charge in [0, 0.05) is 0 Å². The number of hydrogen-bond donors (Lipinski definition) is 2. The first-order chi connectivity index (χ1) is 9.38. The molecule has 0 fully saturated rings. The number of aryl methyl sites for hydroxylation is 2. The highest BCUT2D eigenvalue weighted by Crippen LogP contribution is 2.18. The van der Waals surface area contributed by atoms with E-state index in [1.165, 1.54) is 0 Å². The van der Waals surface area contributed by atoms with Crippen molar-refractivity contribution in [2.75, 3.05) is 0 Å². The average molecular weight is 297 g/mol. The summed E-state index contributed by atoms with van der Waals surface area (Å²) in [6.07, 6.45) is 0. The van der Waals surface area contributed by atoms with Gasteiger partial charge in [0.1, 0.15) is 12.4 Å². The molecule has 2 aromatic rings. The molecule has 0 aliphatic rings. The van der Waals surface area contributed by atoms with Crippen LogP contribution in [-0.2, 0) is 11.3 Å². The Labute approximate surface area is 121 Å². The van der Waals surface area contributed by atoms with Crippen LogP contribution in [-0.4, -0.2) is 30.9 Å². The Morgan fingerprint density at radius 2 is 2.15 bits per heavy atom. The second-order valence-corrected chi connectivity index (χ2v) is 5.09. The molecule has 1 atom stereocenters. The number of H-pyrrole nitrogens is 1. The molecule has 2 aromatic heterocycles. The maximum atomic E-state index is 12.0. The maximum Gasteiger partial charge on any atom is 0.242 e. The van der Waals surface area contributed by atoms with E-state index in [0.29, 0.717) is 16.7 Å². The number of nitrogens with one attached hydrogen (secondary N) is 2. The minimum absolute atomic E-state index is 0.118. The second kappa shape index (κ2) is 5.62. The van der Waals surface area contributed by atoms with Gasteiger partial charge in [0.25, 0.3) is 0 Å². The van der Waals surface area contributed by atoms with Gasteiger partial charge in [-0.05, 0) is 27.7 Å². The van der Waals surface area contributed by atoms with Gasteiger partial charge in [0.2, 0.25) is 5.91 Å². The maximum absolute atomic E-state index is 12.0. The smallest absolute Gasteiger partial charge is 0.242 e. The van der Waals surface area contributed by atoms with Gasteiger partial charge in [-0.25, -0.2) is 4.98 Å². The number of nitrogens with zero attached hydrogens (tertiary/aromatic N) is 4. The van der Waals surface area contributed by atoms with E-state index in [4.69, 9.17) is 11.6 Å². The van der Waals surface area contributed by atoms with Crippen LogP contribution in [0.1, 0.15) is 36.0 Å². The molecular weight excluding hydrogens is 280 g/mol. The lowest BCUT2D eigenvalue weighted by Crippen LogP contribution is -2.31. The molecule has 0 aliphatic heterocycles. The zero-order valence-corrected chi connectivity index (χ0v) is 12.6. The molecule has 0 bridgehead atoms. The third-order valence-corrected chi connectivity index (χ3v) is 3.51. The number of halogens is 1. The van der Waals surface area contributed by atoms with Crippen LogP contribution in [0.25, 0.3) is 0 Å². The van der Waals surface area contributed by atoms with Crippen LogP contribution >= 0.6 is 11.6 Å². The van der Waals surface area contributed by atoms with E-state index in [0.717, 1.165) is 11.4 Å². The Hall–Kier alpha value is -1.89. The van der Waals surface area contributed by atoms with Gasteiger partial charge in [-0.3, -0.25) is 14.6 Å². The summed E-state index contributed by atoms with van der Waals surface area (Å²) in [7, 11) is 0. The van der Waals surface area contributed by atoms with Crippen molar-refractivity contribution in [1.82, 2.24) is 30.3 Å². The van der Waals surface area contributed by atoms with Gasteiger partial charge in [-0.2, -0.15) is 10.2 Å². The number of carbonyl (C=O) groups is 1. The Balaban J connectivity index is 2.00. The van der Waals surface area contributed by atoms with Gasteiger partial charge in [0.05, 0.1) is 22.5 Å². The Kier molecular flexibility index (Phi) is 4.08. The van der Waals surface area contributed by atoms with Gasteiger partial charge >= 0.3 is 0 Å². The zero-order chi connectivity index (χ0) is 14.9. The van der Waals surface area contributed by atoms with Crippen LogP contribution in [0, 0.1) is 20.8 Å². The number of hydrogen-bond acceptors (Lipinski definition) is 4. The predicted octanol–water partition coefficient (Wildman–Crippen LogP) is 1.46. The molecule has 0 spiro atoms. The van der Waals surface area contributed by atoms with Crippen LogP contribution in [0.3, 0.4) is 0 Å². The van der Waals surface area contributed by atoms with E-state index in [-0.39, 0.29) is 18.5 Å². The Bertz CT molecular complexity index is 632. The fourth-order valence-electron chi connectivity index (χ4n) is 1.87. The third-order valence-electron chi connectivity index (χ3n) is 2.97. The summed E-state index contributed by atoms with van der Waals surface area (Å²) in [4.78, 5) is 16.2. The molecule has 0 aromatic carbocycles. The fraction of sp³-hybridized carbons (Fsp3) is 0.500. The molecule has 0 unspecified atom stereocenters. The van der Waals surface area contributed by atoms with Crippen molar-refractivity contribution in [3.05, 3.63) is 28.1 Å². The molecule has 108 valence electrons. The van der Waals surface area contributed by atoms with Crippen LogP contribution < -0.4 is 5.32 Å². The van der Waals surface area contributed by atoms with Crippen molar-refractivity contribution in [2.45, 2.75) is 40.3 Å².